The van der Waals surface area contributed by atoms with Crippen LogP contribution in [-0.4, -0.2) is 16.1 Å². The Bertz CT molecular complexity index is 700. The van der Waals surface area contributed by atoms with Crippen LogP contribution in [0.15, 0.2) is 16.5 Å². The molecule has 0 radical (unpaired) electrons. The van der Waals surface area contributed by atoms with E-state index in [4.69, 9.17) is 16.0 Å². The van der Waals surface area contributed by atoms with Crippen LogP contribution in [0.4, 0.5) is 4.39 Å². The highest BCUT2D eigenvalue weighted by Crippen LogP contribution is 2.24. The molecule has 1 aromatic carbocycles. The molecule has 5 nitrogen and oxygen atoms in total. The van der Waals surface area contributed by atoms with Crippen molar-refractivity contribution in [3.8, 4) is 0 Å². The second-order valence-electron chi connectivity index (χ2n) is 5.38. The predicted octanol–water partition coefficient (Wildman–Crippen LogP) is 3.78. The minimum atomic E-state index is -0.673. The Morgan fingerprint density at radius 1 is 1.27 bits per heavy atom. The number of aromatic nitrogens is 2. The summed E-state index contributed by atoms with van der Waals surface area (Å²) in [4.78, 5) is 12.2. The molecule has 1 N–H and O–H groups in total. The first-order valence-corrected chi connectivity index (χ1v) is 7.27. The third-order valence-corrected chi connectivity index (χ3v) is 3.67. The van der Waals surface area contributed by atoms with Gasteiger partial charge in [-0.05, 0) is 25.5 Å². The van der Waals surface area contributed by atoms with Gasteiger partial charge in [0.25, 0.3) is 5.91 Å². The number of aryl methyl sites for hydroxylation is 1. The van der Waals surface area contributed by atoms with E-state index >= 15 is 0 Å². The number of hydrogen-bond acceptors (Lipinski definition) is 4. The highest BCUT2D eigenvalue weighted by Gasteiger charge is 2.22. The van der Waals surface area contributed by atoms with Gasteiger partial charge in [-0.25, -0.2) is 4.39 Å². The molecule has 22 heavy (non-hydrogen) atoms. The van der Waals surface area contributed by atoms with Crippen LogP contribution in [0.5, 0.6) is 0 Å². The lowest BCUT2D eigenvalue weighted by Gasteiger charge is -2.12. The molecule has 2 aromatic rings. The van der Waals surface area contributed by atoms with Gasteiger partial charge in [0.1, 0.15) is 11.9 Å². The fraction of sp³-hybridized carbons (Fsp3) is 0.400. The molecule has 1 amide bonds. The van der Waals surface area contributed by atoms with Gasteiger partial charge in [-0.1, -0.05) is 31.5 Å². The molecule has 0 saturated carbocycles. The van der Waals surface area contributed by atoms with E-state index in [2.05, 4.69) is 15.5 Å². The molecule has 1 unspecified atom stereocenters. The molecule has 1 heterocycles. The topological polar surface area (TPSA) is 68.0 Å². The minimum Gasteiger partial charge on any atom is -0.423 e. The molecule has 0 aliphatic heterocycles. The standard InChI is InChI=1S/C15H17ClFN3O2/c1-7(2)14-19-20-15(22-14)9(4)18-13(21)11-10(17)6-5-8(3)12(11)16/h5-7,9H,1-4H3,(H,18,21). The Morgan fingerprint density at radius 2 is 1.91 bits per heavy atom. The van der Waals surface area contributed by atoms with Crippen LogP contribution < -0.4 is 5.32 Å². The van der Waals surface area contributed by atoms with Crippen LogP contribution in [0.25, 0.3) is 0 Å². The van der Waals surface area contributed by atoms with Gasteiger partial charge in [-0.3, -0.25) is 4.79 Å². The molecule has 0 aliphatic carbocycles. The van der Waals surface area contributed by atoms with E-state index in [9.17, 15) is 9.18 Å². The van der Waals surface area contributed by atoms with E-state index in [1.165, 1.54) is 12.1 Å². The van der Waals surface area contributed by atoms with Gasteiger partial charge >= 0.3 is 0 Å². The highest BCUT2D eigenvalue weighted by atomic mass is 35.5. The van der Waals surface area contributed by atoms with E-state index in [0.29, 0.717) is 11.5 Å². The third-order valence-electron chi connectivity index (χ3n) is 3.18. The molecule has 0 aliphatic rings. The van der Waals surface area contributed by atoms with Crippen LogP contribution >= 0.6 is 11.6 Å². The lowest BCUT2D eigenvalue weighted by molar-refractivity contribution is 0.0929. The number of hydrogen-bond donors (Lipinski definition) is 1. The maximum Gasteiger partial charge on any atom is 0.256 e. The molecule has 1 aromatic heterocycles. The molecule has 0 fully saturated rings. The Labute approximate surface area is 132 Å². The van der Waals surface area contributed by atoms with Gasteiger partial charge in [0.05, 0.1) is 10.6 Å². The van der Waals surface area contributed by atoms with Crippen molar-refractivity contribution in [3.05, 3.63) is 45.9 Å². The molecular formula is C15H17ClFN3O2. The Hall–Kier alpha value is -1.95. The molecule has 118 valence electrons. The summed E-state index contributed by atoms with van der Waals surface area (Å²) in [6, 6.07) is 2.18. The number of nitrogens with zero attached hydrogens (tertiary/aromatic N) is 2. The molecule has 0 saturated heterocycles. The minimum absolute atomic E-state index is 0.0906. The fourth-order valence-electron chi connectivity index (χ4n) is 1.85. The zero-order chi connectivity index (χ0) is 16.4. The van der Waals surface area contributed by atoms with Crippen LogP contribution in [0.1, 0.15) is 60.4 Å². The molecule has 2 rings (SSSR count). The van der Waals surface area contributed by atoms with Crippen LogP contribution in [0, 0.1) is 12.7 Å². The monoisotopic (exact) mass is 325 g/mol. The normalized spacial score (nSPS) is 12.5. The summed E-state index contributed by atoms with van der Waals surface area (Å²) in [6.45, 7) is 7.22. The van der Waals surface area contributed by atoms with Crippen LogP contribution in [-0.2, 0) is 0 Å². The molecule has 0 bridgehead atoms. The second-order valence-corrected chi connectivity index (χ2v) is 5.76. The van der Waals surface area contributed by atoms with Crippen LogP contribution in [0.3, 0.4) is 0 Å². The fourth-order valence-corrected chi connectivity index (χ4v) is 2.09. The predicted molar refractivity (Wildman–Crippen MR) is 80.4 cm³/mol. The van der Waals surface area contributed by atoms with Crippen molar-refractivity contribution in [2.45, 2.75) is 39.7 Å². The Kier molecular flexibility index (Phi) is 4.81. The van der Waals surface area contributed by atoms with Crippen molar-refractivity contribution in [1.29, 1.82) is 0 Å². The van der Waals surface area contributed by atoms with Gasteiger partial charge < -0.3 is 9.73 Å². The number of benzene rings is 1. The van der Waals surface area contributed by atoms with Crippen LogP contribution in [0.2, 0.25) is 5.02 Å². The SMILES string of the molecule is Cc1ccc(F)c(C(=O)NC(C)c2nnc(C(C)C)o2)c1Cl. The third kappa shape index (κ3) is 3.27. The van der Waals surface area contributed by atoms with E-state index < -0.39 is 17.8 Å². The molecule has 7 heteroatoms. The number of carbonyl (C=O) groups excluding carboxylic acids is 1. The van der Waals surface area contributed by atoms with Crippen molar-refractivity contribution in [2.24, 2.45) is 0 Å². The summed E-state index contributed by atoms with van der Waals surface area (Å²) in [5.74, 6) is -0.457. The molecule has 0 spiro atoms. The number of rotatable bonds is 4. The average Bonchev–Trinajstić information content (AvgIpc) is 2.93. The van der Waals surface area contributed by atoms with Crippen molar-refractivity contribution in [1.82, 2.24) is 15.5 Å². The summed E-state index contributed by atoms with van der Waals surface area (Å²) in [5, 5.41) is 10.5. The maximum absolute atomic E-state index is 13.8. The summed E-state index contributed by atoms with van der Waals surface area (Å²) in [5.41, 5.74) is 0.442. The zero-order valence-electron chi connectivity index (χ0n) is 12.8. The zero-order valence-corrected chi connectivity index (χ0v) is 13.5. The van der Waals surface area contributed by atoms with Gasteiger partial charge in [-0.2, -0.15) is 0 Å². The first kappa shape index (κ1) is 16.4. The number of nitrogens with one attached hydrogen (secondary N) is 1. The first-order valence-electron chi connectivity index (χ1n) is 6.90. The van der Waals surface area contributed by atoms with E-state index in [-0.39, 0.29) is 22.4 Å². The number of halogens is 2. The quantitative estimate of drug-likeness (QED) is 0.928. The van der Waals surface area contributed by atoms with Crippen molar-refractivity contribution in [3.63, 3.8) is 0 Å². The number of carbonyl (C=O) groups is 1. The van der Waals surface area contributed by atoms with Gasteiger partial charge in [-0.15, -0.1) is 10.2 Å². The number of amides is 1. The average molecular weight is 326 g/mol. The second kappa shape index (κ2) is 6.44. The van der Waals surface area contributed by atoms with Crippen molar-refractivity contribution < 1.29 is 13.6 Å². The Balaban J connectivity index is 2.19. The van der Waals surface area contributed by atoms with E-state index in [0.717, 1.165) is 0 Å². The summed E-state index contributed by atoms with van der Waals surface area (Å²) in [6.07, 6.45) is 0. The van der Waals surface area contributed by atoms with E-state index in [1.54, 1.807) is 13.8 Å². The van der Waals surface area contributed by atoms with Crippen molar-refractivity contribution >= 4 is 17.5 Å². The molecule has 1 atom stereocenters. The van der Waals surface area contributed by atoms with Gasteiger partial charge in [0.2, 0.25) is 11.8 Å². The van der Waals surface area contributed by atoms with E-state index in [1.807, 2.05) is 13.8 Å². The smallest absolute Gasteiger partial charge is 0.256 e. The Morgan fingerprint density at radius 3 is 2.50 bits per heavy atom. The summed E-state index contributed by atoms with van der Waals surface area (Å²) < 4.78 is 19.3. The largest absolute Gasteiger partial charge is 0.423 e. The maximum atomic E-state index is 13.8. The lowest BCUT2D eigenvalue weighted by atomic mass is 10.1. The summed E-state index contributed by atoms with van der Waals surface area (Å²) >= 11 is 6.02. The molecular weight excluding hydrogens is 309 g/mol. The van der Waals surface area contributed by atoms with Crippen molar-refractivity contribution in [2.75, 3.05) is 0 Å². The summed E-state index contributed by atoms with van der Waals surface area (Å²) in [7, 11) is 0. The highest BCUT2D eigenvalue weighted by molar-refractivity contribution is 6.34. The first-order chi connectivity index (χ1) is 10.3. The lowest BCUT2D eigenvalue weighted by Crippen LogP contribution is -2.28. The van der Waals surface area contributed by atoms with Gasteiger partial charge in [0, 0.05) is 5.92 Å². The van der Waals surface area contributed by atoms with Gasteiger partial charge in [0.15, 0.2) is 0 Å².